The van der Waals surface area contributed by atoms with E-state index in [1.807, 2.05) is 24.3 Å². The Morgan fingerprint density at radius 1 is 1.14 bits per heavy atom. The molecule has 0 aromatic heterocycles. The number of piperidine rings is 1. The molecule has 0 aliphatic carbocycles. The smallest absolute Gasteiger partial charge is 0.374 e. The molecule has 1 aromatic rings. The van der Waals surface area contributed by atoms with Gasteiger partial charge in [-0.15, -0.1) is 5.06 Å². The number of hydrogen-bond donors (Lipinski definition) is 0. The first-order chi connectivity index (χ1) is 13.5. The van der Waals surface area contributed by atoms with Crippen LogP contribution in [0.5, 0.6) is 0 Å². The van der Waals surface area contributed by atoms with Crippen molar-refractivity contribution in [3.63, 3.8) is 0 Å². The third kappa shape index (κ3) is 3.45. The number of ether oxygens (including phenoxy) is 1. The van der Waals surface area contributed by atoms with Crippen LogP contribution in [-0.4, -0.2) is 53.2 Å². The van der Waals surface area contributed by atoms with Crippen LogP contribution in [0.4, 0.5) is 4.79 Å². The van der Waals surface area contributed by atoms with Gasteiger partial charge in [0.15, 0.2) is 0 Å². The molecule has 3 aliphatic heterocycles. The normalized spacial score (nSPS) is 23.9. The molecule has 3 fully saturated rings. The first-order valence-electron chi connectivity index (χ1n) is 9.46. The summed E-state index contributed by atoms with van der Waals surface area (Å²) in [5.41, 5.74) is 1.53. The molecular weight excluding hydrogens is 362 g/mol. The molecule has 1 atom stereocenters. The van der Waals surface area contributed by atoms with Crippen LogP contribution in [0.3, 0.4) is 0 Å². The molecule has 146 valence electrons. The lowest BCUT2D eigenvalue weighted by Crippen LogP contribution is -2.48. The highest BCUT2D eigenvalue weighted by Gasteiger charge is 2.44. The molecule has 3 heterocycles. The van der Waals surface area contributed by atoms with Gasteiger partial charge in [-0.2, -0.15) is 5.26 Å². The van der Waals surface area contributed by atoms with E-state index in [0.717, 1.165) is 12.0 Å². The fraction of sp³-hybridized carbons (Fsp3) is 0.500. The highest BCUT2D eigenvalue weighted by atomic mass is 16.7. The van der Waals surface area contributed by atoms with Crippen molar-refractivity contribution in [3.8, 4) is 6.07 Å². The van der Waals surface area contributed by atoms with E-state index in [2.05, 4.69) is 6.07 Å². The molecule has 0 N–H and O–H groups in total. The Bertz CT molecular complexity index is 820. The summed E-state index contributed by atoms with van der Waals surface area (Å²) in [5, 5.41) is 9.51. The van der Waals surface area contributed by atoms with Crippen molar-refractivity contribution in [1.29, 1.82) is 5.26 Å². The standard InChI is InChI=1S/C20H21N3O5/c21-12-14-1-3-15(4-2-14)16-11-20(27-13-16)7-9-22(10-8-20)19(26)28-23-17(24)5-6-18(23)25/h1-4,16H,5-11,13H2. The maximum Gasteiger partial charge on any atom is 0.434 e. The molecule has 4 rings (SSSR count). The van der Waals surface area contributed by atoms with Crippen molar-refractivity contribution >= 4 is 17.9 Å². The number of hydrogen-bond acceptors (Lipinski definition) is 6. The van der Waals surface area contributed by atoms with Gasteiger partial charge in [0.05, 0.1) is 23.8 Å². The summed E-state index contributed by atoms with van der Waals surface area (Å²) in [6.07, 6.45) is 1.72. The lowest BCUT2D eigenvalue weighted by molar-refractivity contribution is -0.174. The molecule has 0 radical (unpaired) electrons. The van der Waals surface area contributed by atoms with E-state index in [1.165, 1.54) is 4.90 Å². The molecular formula is C20H21N3O5. The first kappa shape index (κ1) is 18.4. The van der Waals surface area contributed by atoms with Gasteiger partial charge in [0.2, 0.25) is 0 Å². The van der Waals surface area contributed by atoms with E-state index < -0.39 is 17.9 Å². The Labute approximate surface area is 162 Å². The van der Waals surface area contributed by atoms with Crippen molar-refractivity contribution in [1.82, 2.24) is 9.96 Å². The largest absolute Gasteiger partial charge is 0.434 e. The van der Waals surface area contributed by atoms with E-state index in [4.69, 9.17) is 14.8 Å². The second kappa shape index (κ2) is 7.24. The molecule has 8 nitrogen and oxygen atoms in total. The monoisotopic (exact) mass is 383 g/mol. The van der Waals surface area contributed by atoms with E-state index >= 15 is 0 Å². The van der Waals surface area contributed by atoms with Gasteiger partial charge in [-0.1, -0.05) is 12.1 Å². The van der Waals surface area contributed by atoms with Gasteiger partial charge in [0.1, 0.15) is 0 Å². The number of hydroxylamine groups is 2. The lowest BCUT2D eigenvalue weighted by Gasteiger charge is -2.38. The fourth-order valence-corrected chi connectivity index (χ4v) is 4.13. The van der Waals surface area contributed by atoms with E-state index in [9.17, 15) is 14.4 Å². The quantitative estimate of drug-likeness (QED) is 0.725. The van der Waals surface area contributed by atoms with Crippen molar-refractivity contribution in [2.75, 3.05) is 19.7 Å². The predicted molar refractivity (Wildman–Crippen MR) is 95.6 cm³/mol. The number of imide groups is 1. The number of nitrogens with zero attached hydrogens (tertiary/aromatic N) is 3. The first-order valence-corrected chi connectivity index (χ1v) is 9.46. The summed E-state index contributed by atoms with van der Waals surface area (Å²) < 4.78 is 6.14. The minimum absolute atomic E-state index is 0.0831. The van der Waals surface area contributed by atoms with Gasteiger partial charge in [0, 0.05) is 31.8 Å². The Hall–Kier alpha value is -2.92. The van der Waals surface area contributed by atoms with Crippen LogP contribution in [0.25, 0.3) is 0 Å². The van der Waals surface area contributed by atoms with Crippen molar-refractivity contribution in [2.45, 2.75) is 43.6 Å². The second-order valence-corrected chi connectivity index (χ2v) is 7.55. The third-order valence-electron chi connectivity index (χ3n) is 5.83. The number of carbonyl (C=O) groups excluding carboxylic acids is 3. The van der Waals surface area contributed by atoms with Gasteiger partial charge in [-0.3, -0.25) is 9.59 Å². The van der Waals surface area contributed by atoms with Gasteiger partial charge >= 0.3 is 6.09 Å². The summed E-state index contributed by atoms with van der Waals surface area (Å²) in [6, 6.07) is 9.71. The average Bonchev–Trinajstić information content (AvgIpc) is 3.27. The summed E-state index contributed by atoms with van der Waals surface area (Å²) in [5.74, 6) is -0.682. The zero-order valence-electron chi connectivity index (χ0n) is 15.4. The van der Waals surface area contributed by atoms with Gasteiger partial charge in [-0.25, -0.2) is 4.79 Å². The van der Waals surface area contributed by atoms with E-state index in [0.29, 0.717) is 43.2 Å². The maximum atomic E-state index is 12.3. The predicted octanol–water partition coefficient (Wildman–Crippen LogP) is 2.10. The van der Waals surface area contributed by atoms with Crippen molar-refractivity contribution in [2.24, 2.45) is 0 Å². The van der Waals surface area contributed by atoms with Gasteiger partial charge in [0.25, 0.3) is 11.8 Å². The van der Waals surface area contributed by atoms with Gasteiger partial charge < -0.3 is 14.5 Å². The fourth-order valence-electron chi connectivity index (χ4n) is 4.13. The van der Waals surface area contributed by atoms with Crippen LogP contribution >= 0.6 is 0 Å². The average molecular weight is 383 g/mol. The second-order valence-electron chi connectivity index (χ2n) is 7.55. The van der Waals surface area contributed by atoms with E-state index in [1.54, 1.807) is 0 Å². The Morgan fingerprint density at radius 2 is 1.79 bits per heavy atom. The van der Waals surface area contributed by atoms with Gasteiger partial charge in [-0.05, 0) is 37.0 Å². The number of likely N-dealkylation sites (tertiary alicyclic amines) is 1. The minimum Gasteiger partial charge on any atom is -0.374 e. The summed E-state index contributed by atoms with van der Waals surface area (Å²) in [4.78, 5) is 42.0. The minimum atomic E-state index is -0.667. The van der Waals surface area contributed by atoms with Crippen LogP contribution in [0.2, 0.25) is 0 Å². The molecule has 3 aliphatic rings. The summed E-state index contributed by atoms with van der Waals surface area (Å²) in [6.45, 7) is 1.53. The van der Waals surface area contributed by atoms with Crippen LogP contribution in [0.15, 0.2) is 24.3 Å². The SMILES string of the molecule is N#Cc1ccc(C2COC3(CCN(C(=O)ON4C(=O)CCC4=O)CC3)C2)cc1. The number of benzene rings is 1. The molecule has 1 unspecified atom stereocenters. The number of nitriles is 1. The zero-order chi connectivity index (χ0) is 19.7. The molecule has 0 saturated carbocycles. The van der Waals surface area contributed by atoms with Crippen LogP contribution in [0.1, 0.15) is 49.1 Å². The molecule has 3 amide bonds. The number of amides is 3. The highest BCUT2D eigenvalue weighted by Crippen LogP contribution is 2.42. The summed E-state index contributed by atoms with van der Waals surface area (Å²) >= 11 is 0. The molecule has 0 bridgehead atoms. The highest BCUT2D eigenvalue weighted by molar-refractivity contribution is 6.01. The zero-order valence-corrected chi connectivity index (χ0v) is 15.4. The Morgan fingerprint density at radius 3 is 2.39 bits per heavy atom. The molecule has 3 saturated heterocycles. The van der Waals surface area contributed by atoms with Crippen LogP contribution in [0, 0.1) is 11.3 Å². The Balaban J connectivity index is 1.32. The molecule has 8 heteroatoms. The topological polar surface area (TPSA) is 99.9 Å². The van der Waals surface area contributed by atoms with Crippen molar-refractivity contribution in [3.05, 3.63) is 35.4 Å². The van der Waals surface area contributed by atoms with Crippen LogP contribution in [-0.2, 0) is 19.2 Å². The lowest BCUT2D eigenvalue weighted by atomic mass is 9.83. The van der Waals surface area contributed by atoms with E-state index in [-0.39, 0.29) is 24.4 Å². The van der Waals surface area contributed by atoms with Crippen molar-refractivity contribution < 1.29 is 24.0 Å². The number of rotatable bonds is 2. The molecule has 1 spiro atoms. The molecule has 1 aromatic carbocycles. The number of carbonyl (C=O) groups is 3. The molecule has 28 heavy (non-hydrogen) atoms. The Kier molecular flexibility index (Phi) is 4.77. The third-order valence-corrected chi connectivity index (χ3v) is 5.83. The maximum absolute atomic E-state index is 12.3. The summed E-state index contributed by atoms with van der Waals surface area (Å²) in [7, 11) is 0. The van der Waals surface area contributed by atoms with Crippen LogP contribution < -0.4 is 0 Å².